The third kappa shape index (κ3) is 3.84. The summed E-state index contributed by atoms with van der Waals surface area (Å²) in [4.78, 5) is 12.3. The zero-order valence-electron chi connectivity index (χ0n) is 11.3. The number of hydrogen-bond donors (Lipinski definition) is 3. The first-order chi connectivity index (χ1) is 9.22. The van der Waals surface area contributed by atoms with Gasteiger partial charge < -0.3 is 5.11 Å². The van der Waals surface area contributed by atoms with Gasteiger partial charge in [-0.1, -0.05) is 56.2 Å². The molecule has 0 amide bonds. The second-order valence-corrected chi connectivity index (χ2v) is 6.15. The van der Waals surface area contributed by atoms with Crippen molar-refractivity contribution in [3.05, 3.63) is 23.1 Å². The van der Waals surface area contributed by atoms with Crippen LogP contribution in [0.2, 0.25) is 0 Å². The summed E-state index contributed by atoms with van der Waals surface area (Å²) in [5.41, 5.74) is 0.139. The molecule has 3 unspecified atom stereocenters. The van der Waals surface area contributed by atoms with Crippen molar-refractivity contribution in [1.82, 2.24) is 10.6 Å². The number of hydrogen-bond acceptors (Lipinski definition) is 4. The summed E-state index contributed by atoms with van der Waals surface area (Å²) in [5.74, 6) is -1.21. The summed E-state index contributed by atoms with van der Waals surface area (Å²) in [7, 11) is 0. The predicted molar refractivity (Wildman–Crippen MR) is 78.8 cm³/mol. The van der Waals surface area contributed by atoms with E-state index in [1.54, 1.807) is 17.8 Å². The molecular formula is C14H22N2O2S. The van der Waals surface area contributed by atoms with Crippen molar-refractivity contribution in [3.8, 4) is 0 Å². The molecule has 0 radical (unpaired) electrons. The van der Waals surface area contributed by atoms with Gasteiger partial charge in [-0.15, -0.1) is 0 Å². The van der Waals surface area contributed by atoms with Crippen molar-refractivity contribution < 1.29 is 9.90 Å². The lowest BCUT2D eigenvalue weighted by atomic mass is 9.95. The van der Waals surface area contributed by atoms with Gasteiger partial charge in [-0.05, 0) is 13.0 Å². The topological polar surface area (TPSA) is 61.4 Å². The van der Waals surface area contributed by atoms with Gasteiger partial charge in [0.05, 0.1) is 12.0 Å². The first-order valence-electron chi connectivity index (χ1n) is 6.99. The van der Waals surface area contributed by atoms with Crippen molar-refractivity contribution >= 4 is 17.7 Å². The number of carbonyl (C=O) groups is 1. The van der Waals surface area contributed by atoms with E-state index in [9.17, 15) is 9.90 Å². The van der Waals surface area contributed by atoms with Crippen LogP contribution in [0.3, 0.4) is 0 Å². The van der Waals surface area contributed by atoms with Crippen molar-refractivity contribution in [2.75, 3.05) is 6.54 Å². The molecule has 0 spiro atoms. The quantitative estimate of drug-likeness (QED) is 0.625. The van der Waals surface area contributed by atoms with Gasteiger partial charge in [-0.3, -0.25) is 15.4 Å². The van der Waals surface area contributed by atoms with E-state index < -0.39 is 11.9 Å². The van der Waals surface area contributed by atoms with Crippen molar-refractivity contribution in [2.45, 2.75) is 44.1 Å². The number of carboxylic acids is 1. The normalized spacial score (nSPS) is 29.1. The lowest BCUT2D eigenvalue weighted by Crippen LogP contribution is -2.44. The lowest BCUT2D eigenvalue weighted by Gasteiger charge is -2.20. The predicted octanol–water partition coefficient (Wildman–Crippen LogP) is 2.30. The highest BCUT2D eigenvalue weighted by Crippen LogP contribution is 2.36. The van der Waals surface area contributed by atoms with Crippen LogP contribution in [0.1, 0.15) is 32.6 Å². The van der Waals surface area contributed by atoms with Gasteiger partial charge in [0.15, 0.2) is 0 Å². The minimum absolute atomic E-state index is 0.0689. The Morgan fingerprint density at radius 2 is 2.32 bits per heavy atom. The summed E-state index contributed by atoms with van der Waals surface area (Å²) in [6.07, 6.45) is 10.6. The van der Waals surface area contributed by atoms with Gasteiger partial charge in [0.2, 0.25) is 0 Å². The monoisotopic (exact) mass is 282 g/mol. The standard InChI is InChI=1S/C14H22N2O2S/c1-2-3-4-5-9-15-14-16-12-10(13(17)18)7-6-8-11(12)19-14/h6-8,10,12,14-16H,2-5,9H2,1H3,(H,17,18). The fraction of sp³-hybridized carbons (Fsp3) is 0.643. The van der Waals surface area contributed by atoms with E-state index in [-0.39, 0.29) is 11.5 Å². The fourth-order valence-corrected chi connectivity index (χ4v) is 3.61. The van der Waals surface area contributed by atoms with Gasteiger partial charge in [0.25, 0.3) is 0 Å². The highest BCUT2D eigenvalue weighted by atomic mass is 32.2. The summed E-state index contributed by atoms with van der Waals surface area (Å²) >= 11 is 1.70. The average molecular weight is 282 g/mol. The zero-order valence-corrected chi connectivity index (χ0v) is 12.1. The molecule has 0 bridgehead atoms. The van der Waals surface area contributed by atoms with Crippen LogP contribution in [0, 0.1) is 5.92 Å². The molecular weight excluding hydrogens is 260 g/mol. The molecule has 0 aromatic carbocycles. The van der Waals surface area contributed by atoms with Crippen molar-refractivity contribution in [2.24, 2.45) is 5.92 Å². The van der Waals surface area contributed by atoms with E-state index in [0.29, 0.717) is 0 Å². The van der Waals surface area contributed by atoms with Crippen LogP contribution in [0.4, 0.5) is 0 Å². The Bertz CT molecular complexity index is 382. The molecule has 0 aromatic heterocycles. The molecule has 1 heterocycles. The maximum atomic E-state index is 11.2. The van der Waals surface area contributed by atoms with Crippen LogP contribution in [0.5, 0.6) is 0 Å². The second kappa shape index (κ2) is 7.12. The number of allylic oxidation sites excluding steroid dienone is 2. The molecule has 0 saturated carbocycles. The van der Waals surface area contributed by atoms with Gasteiger partial charge >= 0.3 is 5.97 Å². The third-order valence-corrected chi connectivity index (χ3v) is 4.68. The lowest BCUT2D eigenvalue weighted by molar-refractivity contribution is -0.140. The minimum atomic E-state index is -0.761. The molecule has 19 heavy (non-hydrogen) atoms. The SMILES string of the molecule is CCCCCCNC1NC2C(=CC=CC2C(=O)O)S1. The Kier molecular flexibility index (Phi) is 5.48. The first kappa shape index (κ1) is 14.6. The van der Waals surface area contributed by atoms with Crippen LogP contribution in [0.25, 0.3) is 0 Å². The van der Waals surface area contributed by atoms with E-state index in [1.165, 1.54) is 25.7 Å². The van der Waals surface area contributed by atoms with E-state index in [2.05, 4.69) is 17.6 Å². The summed E-state index contributed by atoms with van der Waals surface area (Å²) in [6, 6.07) is -0.0689. The van der Waals surface area contributed by atoms with E-state index in [4.69, 9.17) is 0 Å². The molecule has 1 fully saturated rings. The number of thioether (sulfide) groups is 1. The molecule has 1 aliphatic heterocycles. The molecule has 0 aromatic rings. The molecule has 4 nitrogen and oxygen atoms in total. The van der Waals surface area contributed by atoms with Crippen LogP contribution in [0.15, 0.2) is 23.1 Å². The number of nitrogens with one attached hydrogen (secondary N) is 2. The molecule has 106 valence electrons. The highest BCUT2D eigenvalue weighted by Gasteiger charge is 2.38. The van der Waals surface area contributed by atoms with E-state index in [1.807, 2.05) is 12.2 Å². The Hall–Kier alpha value is -0.780. The molecule has 5 heteroatoms. The van der Waals surface area contributed by atoms with Crippen LogP contribution < -0.4 is 10.6 Å². The van der Waals surface area contributed by atoms with Gasteiger partial charge in [0.1, 0.15) is 5.50 Å². The Morgan fingerprint density at radius 3 is 3.05 bits per heavy atom. The van der Waals surface area contributed by atoms with E-state index in [0.717, 1.165) is 11.4 Å². The second-order valence-electron chi connectivity index (χ2n) is 4.97. The largest absolute Gasteiger partial charge is 0.481 e. The number of unbranched alkanes of at least 4 members (excludes halogenated alkanes) is 3. The highest BCUT2D eigenvalue weighted by molar-refractivity contribution is 8.03. The van der Waals surface area contributed by atoms with Gasteiger partial charge in [-0.25, -0.2) is 0 Å². The van der Waals surface area contributed by atoms with Crippen LogP contribution in [-0.2, 0) is 4.79 Å². The first-order valence-corrected chi connectivity index (χ1v) is 7.87. The Morgan fingerprint density at radius 1 is 1.47 bits per heavy atom. The molecule has 3 atom stereocenters. The summed E-state index contributed by atoms with van der Waals surface area (Å²) < 4.78 is 0. The number of fused-ring (bicyclic) bond motifs is 1. The fourth-order valence-electron chi connectivity index (χ4n) is 2.40. The minimum Gasteiger partial charge on any atom is -0.481 e. The van der Waals surface area contributed by atoms with Crippen molar-refractivity contribution in [3.63, 3.8) is 0 Å². The summed E-state index contributed by atoms with van der Waals surface area (Å²) in [5, 5.41) is 16.0. The van der Waals surface area contributed by atoms with Crippen LogP contribution in [-0.4, -0.2) is 29.2 Å². The van der Waals surface area contributed by atoms with Crippen LogP contribution >= 0.6 is 11.8 Å². The maximum Gasteiger partial charge on any atom is 0.312 e. The molecule has 1 saturated heterocycles. The van der Waals surface area contributed by atoms with Crippen molar-refractivity contribution in [1.29, 1.82) is 0 Å². The molecule has 2 aliphatic rings. The number of rotatable bonds is 7. The van der Waals surface area contributed by atoms with E-state index >= 15 is 0 Å². The van der Waals surface area contributed by atoms with Gasteiger partial charge in [-0.2, -0.15) is 0 Å². The maximum absolute atomic E-state index is 11.2. The summed E-state index contributed by atoms with van der Waals surface area (Å²) in [6.45, 7) is 3.19. The molecule has 1 aliphatic carbocycles. The number of aliphatic carboxylic acids is 1. The Balaban J connectivity index is 1.78. The smallest absolute Gasteiger partial charge is 0.312 e. The zero-order chi connectivity index (χ0) is 13.7. The Labute approximate surface area is 118 Å². The number of carboxylic acid groups (broad SMARTS) is 1. The van der Waals surface area contributed by atoms with Gasteiger partial charge in [0, 0.05) is 4.91 Å². The third-order valence-electron chi connectivity index (χ3n) is 3.47. The molecule has 3 N–H and O–H groups in total. The molecule has 2 rings (SSSR count). The average Bonchev–Trinajstić information content (AvgIpc) is 2.80.